The van der Waals surface area contributed by atoms with E-state index in [9.17, 15) is 5.26 Å². The molecule has 152 valence electrons. The summed E-state index contributed by atoms with van der Waals surface area (Å²) in [6.07, 6.45) is 3.40. The summed E-state index contributed by atoms with van der Waals surface area (Å²) >= 11 is 0. The van der Waals surface area contributed by atoms with Crippen molar-refractivity contribution in [1.82, 2.24) is 24.3 Å². The summed E-state index contributed by atoms with van der Waals surface area (Å²) in [6, 6.07) is 3.76. The van der Waals surface area contributed by atoms with E-state index >= 15 is 0 Å². The summed E-state index contributed by atoms with van der Waals surface area (Å²) in [4.78, 5) is 8.87. The maximum absolute atomic E-state index is 9.53. The molecule has 10 heteroatoms. The highest BCUT2D eigenvalue weighted by Crippen LogP contribution is 2.28. The van der Waals surface area contributed by atoms with Crippen LogP contribution < -0.4 is 10.1 Å². The first kappa shape index (κ1) is 15.7. The molecule has 1 unspecified atom stereocenters. The van der Waals surface area contributed by atoms with E-state index in [1.165, 1.54) is 6.20 Å². The molecule has 0 saturated carbocycles. The van der Waals surface area contributed by atoms with Crippen molar-refractivity contribution in [3.8, 4) is 11.9 Å². The molecule has 3 aromatic heterocycles. The Morgan fingerprint density at radius 2 is 2.45 bits per heavy atom. The smallest absolute Gasteiger partial charge is 0.257 e. The highest BCUT2D eigenvalue weighted by molar-refractivity contribution is 5.79. The molecule has 0 spiro atoms. The van der Waals surface area contributed by atoms with Crippen molar-refractivity contribution >= 4 is 22.7 Å². The molecule has 1 aliphatic heterocycles. The largest absolute Gasteiger partial charge is 0.469 e. The van der Waals surface area contributed by atoms with Crippen molar-refractivity contribution in [3.05, 3.63) is 24.2 Å². The van der Waals surface area contributed by atoms with E-state index in [4.69, 9.17) is 18.3 Å². The van der Waals surface area contributed by atoms with E-state index in [-0.39, 0.29) is 24.0 Å². The summed E-state index contributed by atoms with van der Waals surface area (Å²) in [5, 5.41) is 17.3. The number of ether oxygens (including phenoxy) is 3. The number of nitriles is 1. The SMILES string of the molecule is [2H]C([2H])([2H])n1cc(Nc2ncc3cc(C#N)n([C@@H](C)COC)c3n2)c(OC2CCOC2)n1. The molecule has 1 fully saturated rings. The van der Waals surface area contributed by atoms with Gasteiger partial charge < -0.3 is 24.1 Å². The van der Waals surface area contributed by atoms with Crippen LogP contribution in [0.5, 0.6) is 5.88 Å². The molecular formula is C19H23N7O3. The van der Waals surface area contributed by atoms with Gasteiger partial charge in [-0.3, -0.25) is 4.68 Å². The van der Waals surface area contributed by atoms with Gasteiger partial charge in [0.2, 0.25) is 5.95 Å². The predicted molar refractivity (Wildman–Crippen MR) is 105 cm³/mol. The number of aryl methyl sites for hydroxylation is 1. The molecule has 4 heterocycles. The minimum absolute atomic E-state index is 0.126. The lowest BCUT2D eigenvalue weighted by molar-refractivity contribution is 0.138. The van der Waals surface area contributed by atoms with E-state index in [2.05, 4.69) is 26.5 Å². The Bertz CT molecular complexity index is 1150. The van der Waals surface area contributed by atoms with Crippen molar-refractivity contribution in [2.45, 2.75) is 25.5 Å². The second-order valence-corrected chi connectivity index (χ2v) is 6.81. The van der Waals surface area contributed by atoms with Crippen LogP contribution in [0.4, 0.5) is 11.6 Å². The van der Waals surface area contributed by atoms with E-state index in [0.29, 0.717) is 48.7 Å². The molecule has 0 aromatic carbocycles. The highest BCUT2D eigenvalue weighted by atomic mass is 16.6. The van der Waals surface area contributed by atoms with Gasteiger partial charge >= 0.3 is 0 Å². The van der Waals surface area contributed by atoms with Crippen LogP contribution in [0, 0.1) is 11.3 Å². The van der Waals surface area contributed by atoms with E-state index in [0.717, 1.165) is 4.68 Å². The van der Waals surface area contributed by atoms with Crippen LogP contribution in [0.1, 0.15) is 29.2 Å². The number of aromatic nitrogens is 5. The summed E-state index contributed by atoms with van der Waals surface area (Å²) in [7, 11) is 1.59. The molecule has 1 N–H and O–H groups in total. The second kappa shape index (κ2) is 8.06. The third-order valence-electron chi connectivity index (χ3n) is 4.63. The molecule has 0 aliphatic carbocycles. The Balaban J connectivity index is 1.70. The first-order valence-corrected chi connectivity index (χ1v) is 9.18. The van der Waals surface area contributed by atoms with Crippen LogP contribution in [0.2, 0.25) is 0 Å². The fourth-order valence-corrected chi connectivity index (χ4v) is 3.33. The zero-order chi connectivity index (χ0) is 22.9. The van der Waals surface area contributed by atoms with Crippen LogP contribution in [0.25, 0.3) is 11.0 Å². The summed E-state index contributed by atoms with van der Waals surface area (Å²) in [5.41, 5.74) is 1.31. The van der Waals surface area contributed by atoms with Gasteiger partial charge in [-0.25, -0.2) is 4.98 Å². The van der Waals surface area contributed by atoms with Gasteiger partial charge in [0.05, 0.1) is 32.1 Å². The fourth-order valence-electron chi connectivity index (χ4n) is 3.33. The molecule has 29 heavy (non-hydrogen) atoms. The Labute approximate surface area is 172 Å². The lowest BCUT2D eigenvalue weighted by Gasteiger charge is -2.15. The van der Waals surface area contributed by atoms with Crippen molar-refractivity contribution in [3.63, 3.8) is 0 Å². The van der Waals surface area contributed by atoms with Crippen molar-refractivity contribution < 1.29 is 18.3 Å². The van der Waals surface area contributed by atoms with Crippen LogP contribution in [0.3, 0.4) is 0 Å². The van der Waals surface area contributed by atoms with Crippen molar-refractivity contribution in [2.75, 3.05) is 32.2 Å². The normalized spacial score (nSPS) is 19.3. The number of rotatable bonds is 7. The number of nitrogens with zero attached hydrogens (tertiary/aromatic N) is 6. The molecule has 0 bridgehead atoms. The lowest BCUT2D eigenvalue weighted by Crippen LogP contribution is -2.16. The first-order valence-electron chi connectivity index (χ1n) is 10.7. The van der Waals surface area contributed by atoms with E-state index in [1.54, 1.807) is 23.9 Å². The summed E-state index contributed by atoms with van der Waals surface area (Å²) in [6.45, 7) is 0.837. The lowest BCUT2D eigenvalue weighted by atomic mass is 10.3. The standard InChI is InChI=1S/C19H23N7O3/c1-12(10-27-3)26-14(7-20)6-13-8-21-19(23-17(13)26)22-16-9-25(2)24-18(16)29-15-4-5-28-11-15/h6,8-9,12,15H,4-5,10-11H2,1-3H3,(H,21,22,23)/t12-,15?/m0/s1/i2D3. The number of nitrogens with one attached hydrogen (secondary N) is 1. The Morgan fingerprint density at radius 3 is 3.17 bits per heavy atom. The number of anilines is 2. The predicted octanol–water partition coefficient (Wildman–Crippen LogP) is 2.16. The Hall–Kier alpha value is -3.16. The maximum atomic E-state index is 9.53. The molecule has 3 aromatic rings. The van der Waals surface area contributed by atoms with Gasteiger partial charge in [-0.05, 0) is 13.0 Å². The molecule has 2 atom stereocenters. The Kier molecular flexibility index (Phi) is 4.37. The monoisotopic (exact) mass is 400 g/mol. The quantitative estimate of drug-likeness (QED) is 0.642. The minimum Gasteiger partial charge on any atom is -0.469 e. The third kappa shape index (κ3) is 3.87. The zero-order valence-corrected chi connectivity index (χ0v) is 16.1. The first-order chi connectivity index (χ1) is 15.3. The van der Waals surface area contributed by atoms with E-state index < -0.39 is 6.98 Å². The molecule has 0 amide bonds. The van der Waals surface area contributed by atoms with Crippen molar-refractivity contribution in [1.29, 1.82) is 5.26 Å². The average Bonchev–Trinajstić information content (AvgIpc) is 3.47. The summed E-state index contributed by atoms with van der Waals surface area (Å²) < 4.78 is 42.0. The Morgan fingerprint density at radius 1 is 1.55 bits per heavy atom. The maximum Gasteiger partial charge on any atom is 0.257 e. The number of fused-ring (bicyclic) bond motifs is 1. The van der Waals surface area contributed by atoms with Crippen LogP contribution >= 0.6 is 0 Å². The summed E-state index contributed by atoms with van der Waals surface area (Å²) in [5.74, 6) is 0.338. The van der Waals surface area contributed by atoms with Crippen LogP contribution in [-0.2, 0) is 16.4 Å². The molecule has 10 nitrogen and oxygen atoms in total. The second-order valence-electron chi connectivity index (χ2n) is 6.81. The molecule has 0 radical (unpaired) electrons. The molecule has 4 rings (SSSR count). The molecular weight excluding hydrogens is 374 g/mol. The van der Waals surface area contributed by atoms with Gasteiger partial charge in [-0.2, -0.15) is 10.2 Å². The topological polar surface area (TPSA) is 112 Å². The third-order valence-corrected chi connectivity index (χ3v) is 4.63. The minimum atomic E-state index is -2.47. The van der Waals surface area contributed by atoms with Gasteiger partial charge in [0, 0.05) is 36.2 Å². The number of hydrogen-bond acceptors (Lipinski definition) is 8. The molecule has 1 saturated heterocycles. The van der Waals surface area contributed by atoms with Crippen LogP contribution in [-0.4, -0.2) is 57.3 Å². The highest BCUT2D eigenvalue weighted by Gasteiger charge is 2.22. The van der Waals surface area contributed by atoms with Gasteiger partial charge in [0.15, 0.2) is 0 Å². The van der Waals surface area contributed by atoms with E-state index in [1.807, 2.05) is 6.92 Å². The fraction of sp³-hybridized carbons (Fsp3) is 0.474. The van der Waals surface area contributed by atoms with Gasteiger partial charge in [0.1, 0.15) is 29.2 Å². The van der Waals surface area contributed by atoms with Crippen LogP contribution in [0.15, 0.2) is 18.5 Å². The number of methoxy groups -OCH3 is 1. The van der Waals surface area contributed by atoms with Gasteiger partial charge in [0.25, 0.3) is 5.88 Å². The van der Waals surface area contributed by atoms with Crippen molar-refractivity contribution in [2.24, 2.45) is 6.98 Å². The average molecular weight is 400 g/mol. The number of hydrogen-bond donors (Lipinski definition) is 1. The zero-order valence-electron chi connectivity index (χ0n) is 19.1. The van der Waals surface area contributed by atoms with Gasteiger partial charge in [-0.1, -0.05) is 0 Å². The van der Waals surface area contributed by atoms with Gasteiger partial charge in [-0.15, -0.1) is 5.10 Å². The molecule has 1 aliphatic rings.